The molecule has 0 saturated carbocycles. The number of nitrogens with one attached hydrogen (secondary N) is 1. The van der Waals surface area contributed by atoms with Crippen LogP contribution < -0.4 is 14.8 Å². The fourth-order valence-corrected chi connectivity index (χ4v) is 4.68. The molecule has 0 spiro atoms. The maximum absolute atomic E-state index is 13.2. The Bertz CT molecular complexity index is 1030. The highest BCUT2D eigenvalue weighted by Crippen LogP contribution is 2.42. The van der Waals surface area contributed by atoms with Gasteiger partial charge in [0.1, 0.15) is 5.82 Å². The summed E-state index contributed by atoms with van der Waals surface area (Å²) in [5.74, 6) is 2.05. The average molecular weight is 413 g/mol. The van der Waals surface area contributed by atoms with E-state index >= 15 is 0 Å². The summed E-state index contributed by atoms with van der Waals surface area (Å²) in [4.78, 5) is 16.2. The van der Waals surface area contributed by atoms with E-state index in [1.165, 1.54) is 5.56 Å². The third-order valence-electron chi connectivity index (χ3n) is 5.18. The summed E-state index contributed by atoms with van der Waals surface area (Å²) in [6.45, 7) is 2.51. The number of hydrogen-bond donors (Lipinski definition) is 1. The number of hydrogen-bond acceptors (Lipinski definition) is 5. The molecule has 1 unspecified atom stereocenters. The highest BCUT2D eigenvalue weighted by atomic mass is 32.1. The molecule has 7 nitrogen and oxygen atoms in total. The van der Waals surface area contributed by atoms with Crippen molar-refractivity contribution >= 4 is 23.2 Å². The summed E-state index contributed by atoms with van der Waals surface area (Å²) < 4.78 is 12.7. The average Bonchev–Trinajstić information content (AvgIpc) is 3.35. The number of nitrogens with zero attached hydrogens (tertiary/aromatic N) is 3. The summed E-state index contributed by atoms with van der Waals surface area (Å²) >= 11 is 1.64. The van der Waals surface area contributed by atoms with E-state index < -0.39 is 0 Å². The molecule has 1 aliphatic rings. The van der Waals surface area contributed by atoms with Crippen molar-refractivity contribution in [2.24, 2.45) is 7.05 Å². The largest absolute Gasteiger partial charge is 0.493 e. The Labute approximate surface area is 173 Å². The van der Waals surface area contributed by atoms with Crippen molar-refractivity contribution in [1.82, 2.24) is 14.7 Å². The maximum atomic E-state index is 13.2. The Morgan fingerprint density at radius 3 is 2.62 bits per heavy atom. The number of urea groups is 1. The highest BCUT2D eigenvalue weighted by molar-refractivity contribution is 7.10. The van der Waals surface area contributed by atoms with Crippen molar-refractivity contribution in [3.8, 4) is 11.5 Å². The summed E-state index contributed by atoms with van der Waals surface area (Å²) in [6, 6.07) is 9.62. The number of carbonyl (C=O) groups excluding carboxylic acids is 1. The van der Waals surface area contributed by atoms with Crippen LogP contribution in [0.1, 0.15) is 27.7 Å². The van der Waals surface area contributed by atoms with Crippen LogP contribution in [0, 0.1) is 6.92 Å². The van der Waals surface area contributed by atoms with Crippen LogP contribution in [0.15, 0.2) is 35.7 Å². The first-order valence-electron chi connectivity index (χ1n) is 9.38. The number of ether oxygens (including phenoxy) is 2. The van der Waals surface area contributed by atoms with Crippen LogP contribution in [-0.2, 0) is 13.5 Å². The first-order chi connectivity index (χ1) is 14.0. The van der Waals surface area contributed by atoms with Gasteiger partial charge in [0.25, 0.3) is 0 Å². The molecule has 8 heteroatoms. The second-order valence-corrected chi connectivity index (χ2v) is 7.97. The molecule has 2 aromatic heterocycles. The van der Waals surface area contributed by atoms with Gasteiger partial charge in [-0.25, -0.2) is 4.79 Å². The van der Waals surface area contributed by atoms with Gasteiger partial charge in [-0.3, -0.25) is 10.00 Å². The van der Waals surface area contributed by atoms with Crippen LogP contribution in [0.4, 0.5) is 10.6 Å². The van der Waals surface area contributed by atoms with Crippen LogP contribution >= 0.6 is 11.3 Å². The van der Waals surface area contributed by atoms with E-state index in [0.29, 0.717) is 23.9 Å². The van der Waals surface area contributed by atoms with E-state index in [0.717, 1.165) is 22.6 Å². The zero-order valence-electron chi connectivity index (χ0n) is 16.9. The predicted molar refractivity (Wildman–Crippen MR) is 113 cm³/mol. The lowest BCUT2D eigenvalue weighted by Crippen LogP contribution is -2.43. The standard InChI is InChI=1S/C21H24N4O3S/c1-13-10-19(24(2)23-13)22-21(26)25-8-7-14-11-16(27-3)17(28-4)12-15(14)20(25)18-6-5-9-29-18/h5-6,9-12,20H,7-8H2,1-4H3,(H,22,26). The number of benzene rings is 1. The Morgan fingerprint density at radius 1 is 1.24 bits per heavy atom. The normalized spacial score (nSPS) is 15.7. The van der Waals surface area contributed by atoms with E-state index in [4.69, 9.17) is 9.47 Å². The third-order valence-corrected chi connectivity index (χ3v) is 6.11. The topological polar surface area (TPSA) is 68.6 Å². The van der Waals surface area contributed by atoms with E-state index in [1.807, 2.05) is 48.5 Å². The van der Waals surface area contributed by atoms with Crippen molar-refractivity contribution in [2.45, 2.75) is 19.4 Å². The molecular weight excluding hydrogens is 388 g/mol. The van der Waals surface area contributed by atoms with Gasteiger partial charge in [0.2, 0.25) is 0 Å². The Hall–Kier alpha value is -3.00. The van der Waals surface area contributed by atoms with Crippen LogP contribution in [0.3, 0.4) is 0 Å². The number of rotatable bonds is 4. The molecule has 1 atom stereocenters. The summed E-state index contributed by atoms with van der Waals surface area (Å²) in [6.07, 6.45) is 0.745. The fraction of sp³-hybridized carbons (Fsp3) is 0.333. The second-order valence-electron chi connectivity index (χ2n) is 6.99. The maximum Gasteiger partial charge on any atom is 0.323 e. The molecule has 29 heavy (non-hydrogen) atoms. The molecule has 1 N–H and O–H groups in total. The van der Waals surface area contributed by atoms with Gasteiger partial charge in [0.15, 0.2) is 11.5 Å². The van der Waals surface area contributed by atoms with Gasteiger partial charge in [-0.1, -0.05) is 6.07 Å². The zero-order chi connectivity index (χ0) is 20.5. The minimum atomic E-state index is -0.187. The van der Waals surface area contributed by atoms with Gasteiger partial charge >= 0.3 is 6.03 Å². The summed E-state index contributed by atoms with van der Waals surface area (Å²) in [5.41, 5.74) is 3.09. The SMILES string of the molecule is COc1cc2c(cc1OC)C(c1cccs1)N(C(=O)Nc1cc(C)nn1C)CC2. The van der Waals surface area contributed by atoms with Crippen molar-refractivity contribution in [3.05, 3.63) is 57.4 Å². The molecule has 0 fully saturated rings. The van der Waals surface area contributed by atoms with Gasteiger partial charge in [-0.15, -0.1) is 11.3 Å². The van der Waals surface area contributed by atoms with Crippen LogP contribution in [-0.4, -0.2) is 41.5 Å². The quantitative estimate of drug-likeness (QED) is 0.704. The van der Waals surface area contributed by atoms with E-state index in [9.17, 15) is 4.79 Å². The van der Waals surface area contributed by atoms with Crippen molar-refractivity contribution in [1.29, 1.82) is 0 Å². The number of thiophene rings is 1. The smallest absolute Gasteiger partial charge is 0.323 e. The molecule has 3 heterocycles. The molecular formula is C21H24N4O3S. The second kappa shape index (κ2) is 7.79. The monoisotopic (exact) mass is 412 g/mol. The number of amides is 2. The molecule has 4 rings (SSSR count). The number of aromatic nitrogens is 2. The van der Waals surface area contributed by atoms with Crippen molar-refractivity contribution in [2.75, 3.05) is 26.1 Å². The summed E-state index contributed by atoms with van der Waals surface area (Å²) in [7, 11) is 5.09. The zero-order valence-corrected chi connectivity index (χ0v) is 17.7. The van der Waals surface area contributed by atoms with E-state index in [-0.39, 0.29) is 12.1 Å². The number of anilines is 1. The number of methoxy groups -OCH3 is 2. The molecule has 0 bridgehead atoms. The lowest BCUT2D eigenvalue weighted by Gasteiger charge is -2.37. The first-order valence-corrected chi connectivity index (χ1v) is 10.3. The van der Waals surface area contributed by atoms with Gasteiger partial charge in [0.05, 0.1) is 26.0 Å². The van der Waals surface area contributed by atoms with Gasteiger partial charge in [-0.2, -0.15) is 5.10 Å². The van der Waals surface area contributed by atoms with Gasteiger partial charge in [0, 0.05) is 24.5 Å². The molecule has 1 aromatic carbocycles. The van der Waals surface area contributed by atoms with Gasteiger partial charge < -0.3 is 14.4 Å². The minimum absolute atomic E-state index is 0.146. The van der Waals surface area contributed by atoms with E-state index in [2.05, 4.69) is 16.5 Å². The van der Waals surface area contributed by atoms with E-state index in [1.54, 1.807) is 30.2 Å². The molecule has 0 radical (unpaired) electrons. The molecule has 0 aliphatic carbocycles. The molecule has 0 saturated heterocycles. The van der Waals surface area contributed by atoms with Gasteiger partial charge in [-0.05, 0) is 48.1 Å². The Morgan fingerprint density at radius 2 is 2.00 bits per heavy atom. The van der Waals surface area contributed by atoms with Crippen LogP contribution in [0.25, 0.3) is 0 Å². The molecule has 3 aromatic rings. The molecule has 2 amide bonds. The lowest BCUT2D eigenvalue weighted by molar-refractivity contribution is 0.194. The Balaban J connectivity index is 1.73. The van der Waals surface area contributed by atoms with Crippen LogP contribution in [0.2, 0.25) is 0 Å². The first kappa shape index (κ1) is 19.3. The van der Waals surface area contributed by atoms with Crippen molar-refractivity contribution < 1.29 is 14.3 Å². The number of aryl methyl sites for hydroxylation is 2. The molecule has 1 aliphatic heterocycles. The molecule has 152 valence electrons. The number of fused-ring (bicyclic) bond motifs is 1. The fourth-order valence-electron chi connectivity index (χ4n) is 3.83. The lowest BCUT2D eigenvalue weighted by atomic mass is 9.91. The Kier molecular flexibility index (Phi) is 5.19. The third kappa shape index (κ3) is 3.55. The van der Waals surface area contributed by atoms with Crippen LogP contribution in [0.5, 0.6) is 11.5 Å². The predicted octanol–water partition coefficient (Wildman–Crippen LogP) is 3.99. The summed E-state index contributed by atoms with van der Waals surface area (Å²) in [5, 5.41) is 9.35. The minimum Gasteiger partial charge on any atom is -0.493 e. The van der Waals surface area contributed by atoms with Crippen molar-refractivity contribution in [3.63, 3.8) is 0 Å². The highest BCUT2D eigenvalue weighted by Gasteiger charge is 2.34. The number of carbonyl (C=O) groups is 1.